The molecule has 1 fully saturated rings. The van der Waals surface area contributed by atoms with Crippen LogP contribution >= 0.6 is 0 Å². The molecule has 1 nitrogen and oxygen atoms in total. The molecule has 1 aliphatic rings. The van der Waals surface area contributed by atoms with Gasteiger partial charge in [0.05, 0.1) is 0 Å². The van der Waals surface area contributed by atoms with Crippen LogP contribution in [0.3, 0.4) is 0 Å². The number of hydrogen-bond acceptors (Lipinski definition) is 1. The smallest absolute Gasteiger partial charge is 0.00669 e. The highest BCUT2D eigenvalue weighted by Crippen LogP contribution is 2.25. The molecular formula is C18H29N. The summed E-state index contributed by atoms with van der Waals surface area (Å²) in [6, 6.07) is 11.5. The molecular weight excluding hydrogens is 230 g/mol. The van der Waals surface area contributed by atoms with Gasteiger partial charge in [-0.2, -0.15) is 0 Å². The van der Waals surface area contributed by atoms with Crippen LogP contribution < -0.4 is 5.32 Å². The van der Waals surface area contributed by atoms with Crippen molar-refractivity contribution in [2.75, 3.05) is 6.54 Å². The Morgan fingerprint density at radius 3 is 2.42 bits per heavy atom. The second-order valence-electron chi connectivity index (χ2n) is 6.08. The molecule has 106 valence electrons. The van der Waals surface area contributed by atoms with Gasteiger partial charge in [0.1, 0.15) is 0 Å². The summed E-state index contributed by atoms with van der Waals surface area (Å²) in [4.78, 5) is 0. The highest BCUT2D eigenvalue weighted by atomic mass is 14.9. The fourth-order valence-electron chi connectivity index (χ4n) is 3.24. The molecule has 1 aromatic rings. The first-order valence-electron chi connectivity index (χ1n) is 8.13. The maximum Gasteiger partial charge on any atom is 0.00669 e. The van der Waals surface area contributed by atoms with Gasteiger partial charge < -0.3 is 5.32 Å². The van der Waals surface area contributed by atoms with Crippen molar-refractivity contribution < 1.29 is 0 Å². The van der Waals surface area contributed by atoms with E-state index in [1.165, 1.54) is 56.9 Å². The molecule has 1 aromatic carbocycles. The van der Waals surface area contributed by atoms with Gasteiger partial charge in [0.2, 0.25) is 0 Å². The van der Waals surface area contributed by atoms with Crippen LogP contribution in [-0.4, -0.2) is 12.6 Å². The van der Waals surface area contributed by atoms with E-state index in [0.717, 1.165) is 12.5 Å². The van der Waals surface area contributed by atoms with Gasteiger partial charge >= 0.3 is 0 Å². The number of rotatable bonds is 6. The Hall–Kier alpha value is -0.820. The van der Waals surface area contributed by atoms with E-state index in [1.54, 1.807) is 0 Å². The third-order valence-corrected chi connectivity index (χ3v) is 4.56. The minimum Gasteiger partial charge on any atom is -0.314 e. The van der Waals surface area contributed by atoms with Crippen molar-refractivity contribution >= 4 is 0 Å². The Labute approximate surface area is 118 Å². The first kappa shape index (κ1) is 14.6. The van der Waals surface area contributed by atoms with Crippen LogP contribution in [-0.2, 0) is 6.42 Å². The minimum atomic E-state index is 0.703. The Morgan fingerprint density at radius 2 is 1.74 bits per heavy atom. The zero-order chi connectivity index (χ0) is 13.3. The van der Waals surface area contributed by atoms with Crippen LogP contribution in [0.1, 0.15) is 57.4 Å². The van der Waals surface area contributed by atoms with E-state index in [9.17, 15) is 0 Å². The lowest BCUT2D eigenvalue weighted by molar-refractivity contribution is 0.337. The van der Waals surface area contributed by atoms with E-state index in [-0.39, 0.29) is 0 Å². The van der Waals surface area contributed by atoms with E-state index in [1.807, 2.05) is 0 Å². The number of benzene rings is 1. The van der Waals surface area contributed by atoms with Crippen molar-refractivity contribution in [2.45, 2.75) is 64.3 Å². The number of hydrogen-bond donors (Lipinski definition) is 1. The van der Waals surface area contributed by atoms with E-state index in [2.05, 4.69) is 42.6 Å². The van der Waals surface area contributed by atoms with E-state index >= 15 is 0 Å². The average Bonchev–Trinajstić information content (AvgIpc) is 2.73. The first-order valence-corrected chi connectivity index (χ1v) is 8.13. The van der Waals surface area contributed by atoms with Crippen LogP contribution in [0, 0.1) is 5.92 Å². The summed E-state index contributed by atoms with van der Waals surface area (Å²) in [5.74, 6) is 0.916. The largest absolute Gasteiger partial charge is 0.314 e. The SMILES string of the molecule is C[C@H](NCCCc1ccccc1)C1CCCCCC1. The Kier molecular flexibility index (Phi) is 6.43. The van der Waals surface area contributed by atoms with Gasteiger partial charge in [-0.15, -0.1) is 0 Å². The third kappa shape index (κ3) is 5.36. The first-order chi connectivity index (χ1) is 9.36. The summed E-state index contributed by atoms with van der Waals surface area (Å²) in [5.41, 5.74) is 1.46. The Balaban J connectivity index is 1.62. The van der Waals surface area contributed by atoms with Gasteiger partial charge in [-0.1, -0.05) is 56.0 Å². The van der Waals surface area contributed by atoms with Crippen molar-refractivity contribution in [3.8, 4) is 0 Å². The molecule has 0 heterocycles. The van der Waals surface area contributed by atoms with Crippen molar-refractivity contribution in [3.63, 3.8) is 0 Å². The fraction of sp³-hybridized carbons (Fsp3) is 0.667. The predicted octanol–water partition coefficient (Wildman–Crippen LogP) is 4.57. The van der Waals surface area contributed by atoms with Gasteiger partial charge in [0.15, 0.2) is 0 Å². The van der Waals surface area contributed by atoms with Crippen LogP contribution in [0.4, 0.5) is 0 Å². The molecule has 0 unspecified atom stereocenters. The maximum atomic E-state index is 3.75. The lowest BCUT2D eigenvalue weighted by Crippen LogP contribution is -2.34. The van der Waals surface area contributed by atoms with E-state index < -0.39 is 0 Å². The fourth-order valence-corrected chi connectivity index (χ4v) is 3.24. The normalized spacial score (nSPS) is 19.0. The molecule has 1 aliphatic carbocycles. The summed E-state index contributed by atoms with van der Waals surface area (Å²) in [7, 11) is 0. The molecule has 1 atom stereocenters. The summed E-state index contributed by atoms with van der Waals surface area (Å²) >= 11 is 0. The third-order valence-electron chi connectivity index (χ3n) is 4.56. The Bertz CT molecular complexity index is 325. The summed E-state index contributed by atoms with van der Waals surface area (Å²) in [6.07, 6.45) is 11.1. The molecule has 0 spiro atoms. The molecule has 0 amide bonds. The maximum absolute atomic E-state index is 3.75. The standard InChI is InChI=1S/C18H29N/c1-16(18-13-7-2-3-8-14-18)19-15-9-12-17-10-5-4-6-11-17/h4-6,10-11,16,18-19H,2-3,7-9,12-15H2,1H3/t16-/m0/s1. The molecule has 0 aliphatic heterocycles. The lowest BCUT2D eigenvalue weighted by atomic mass is 9.93. The molecule has 0 aromatic heterocycles. The monoisotopic (exact) mass is 259 g/mol. The summed E-state index contributed by atoms with van der Waals surface area (Å²) < 4.78 is 0. The summed E-state index contributed by atoms with van der Waals surface area (Å²) in [5, 5.41) is 3.75. The Morgan fingerprint density at radius 1 is 1.05 bits per heavy atom. The minimum absolute atomic E-state index is 0.703. The highest BCUT2D eigenvalue weighted by molar-refractivity contribution is 5.14. The quantitative estimate of drug-likeness (QED) is 0.583. The van der Waals surface area contributed by atoms with Gasteiger partial charge in [-0.05, 0) is 50.6 Å². The second-order valence-corrected chi connectivity index (χ2v) is 6.08. The molecule has 2 rings (SSSR count). The van der Waals surface area contributed by atoms with Crippen LogP contribution in [0.5, 0.6) is 0 Å². The van der Waals surface area contributed by atoms with Gasteiger partial charge in [-0.3, -0.25) is 0 Å². The molecule has 1 heteroatoms. The van der Waals surface area contributed by atoms with E-state index in [0.29, 0.717) is 6.04 Å². The zero-order valence-corrected chi connectivity index (χ0v) is 12.4. The number of nitrogens with one attached hydrogen (secondary N) is 1. The van der Waals surface area contributed by atoms with Crippen molar-refractivity contribution in [3.05, 3.63) is 35.9 Å². The van der Waals surface area contributed by atoms with Crippen molar-refractivity contribution in [1.29, 1.82) is 0 Å². The molecule has 19 heavy (non-hydrogen) atoms. The predicted molar refractivity (Wildman–Crippen MR) is 83.4 cm³/mol. The summed E-state index contributed by atoms with van der Waals surface area (Å²) in [6.45, 7) is 3.55. The average molecular weight is 259 g/mol. The van der Waals surface area contributed by atoms with Crippen molar-refractivity contribution in [2.24, 2.45) is 5.92 Å². The molecule has 0 bridgehead atoms. The molecule has 0 saturated heterocycles. The molecule has 0 radical (unpaired) electrons. The molecule has 1 saturated carbocycles. The lowest BCUT2D eigenvalue weighted by Gasteiger charge is -2.23. The van der Waals surface area contributed by atoms with Gasteiger partial charge in [-0.25, -0.2) is 0 Å². The van der Waals surface area contributed by atoms with Crippen molar-refractivity contribution in [1.82, 2.24) is 5.32 Å². The van der Waals surface area contributed by atoms with Gasteiger partial charge in [0.25, 0.3) is 0 Å². The van der Waals surface area contributed by atoms with E-state index in [4.69, 9.17) is 0 Å². The number of aryl methyl sites for hydroxylation is 1. The molecule has 1 N–H and O–H groups in total. The van der Waals surface area contributed by atoms with Crippen LogP contribution in [0.25, 0.3) is 0 Å². The topological polar surface area (TPSA) is 12.0 Å². The van der Waals surface area contributed by atoms with Crippen LogP contribution in [0.15, 0.2) is 30.3 Å². The highest BCUT2D eigenvalue weighted by Gasteiger charge is 2.18. The second kappa shape index (κ2) is 8.37. The zero-order valence-electron chi connectivity index (χ0n) is 12.4. The van der Waals surface area contributed by atoms with Crippen LogP contribution in [0.2, 0.25) is 0 Å². The van der Waals surface area contributed by atoms with Gasteiger partial charge in [0, 0.05) is 6.04 Å².